The van der Waals surface area contributed by atoms with Crippen LogP contribution in [0.4, 0.5) is 6.01 Å². The molecular formula is C19H16BrClN4O4S. The lowest BCUT2D eigenvalue weighted by Crippen LogP contribution is -2.43. The van der Waals surface area contributed by atoms with E-state index in [1.165, 1.54) is 28.6 Å². The summed E-state index contributed by atoms with van der Waals surface area (Å²) < 4.78 is 33.5. The van der Waals surface area contributed by atoms with Crippen molar-refractivity contribution < 1.29 is 17.6 Å². The molecule has 1 unspecified atom stereocenters. The number of hydrogen-bond donors (Lipinski definition) is 1. The summed E-state index contributed by atoms with van der Waals surface area (Å²) in [5.74, 6) is -0.279. The summed E-state index contributed by atoms with van der Waals surface area (Å²) in [6.07, 6.45) is 0.962. The van der Waals surface area contributed by atoms with E-state index >= 15 is 0 Å². The lowest BCUT2D eigenvalue weighted by Gasteiger charge is -2.22. The van der Waals surface area contributed by atoms with Crippen molar-refractivity contribution >= 4 is 49.5 Å². The molecule has 0 saturated carbocycles. The Hall–Kier alpha value is -2.27. The fraction of sp³-hybridized carbons (Fsp3) is 0.211. The number of carbonyl (C=O) groups is 1. The van der Waals surface area contributed by atoms with Crippen molar-refractivity contribution in [1.82, 2.24) is 14.5 Å². The van der Waals surface area contributed by atoms with Crippen LogP contribution in [0.2, 0.25) is 5.02 Å². The van der Waals surface area contributed by atoms with Crippen LogP contribution in [0.3, 0.4) is 0 Å². The van der Waals surface area contributed by atoms with E-state index in [9.17, 15) is 13.2 Å². The van der Waals surface area contributed by atoms with Crippen LogP contribution in [0, 0.1) is 0 Å². The largest absolute Gasteiger partial charge is 0.403 e. The molecule has 1 aromatic heterocycles. The molecule has 1 aliphatic rings. The number of rotatable bonds is 5. The number of benzene rings is 2. The molecule has 4 rings (SSSR count). The van der Waals surface area contributed by atoms with Gasteiger partial charge in [0.15, 0.2) is 0 Å². The Morgan fingerprint density at radius 3 is 2.70 bits per heavy atom. The van der Waals surface area contributed by atoms with Gasteiger partial charge in [-0.2, -0.15) is 4.31 Å². The molecular weight excluding hydrogens is 496 g/mol. The zero-order chi connectivity index (χ0) is 21.3. The molecule has 156 valence electrons. The van der Waals surface area contributed by atoms with Gasteiger partial charge in [-0.05, 0) is 55.3 Å². The Morgan fingerprint density at radius 1 is 1.20 bits per heavy atom. The zero-order valence-electron chi connectivity index (χ0n) is 15.5. The van der Waals surface area contributed by atoms with Crippen LogP contribution >= 0.6 is 27.5 Å². The highest BCUT2D eigenvalue weighted by molar-refractivity contribution is 9.10. The van der Waals surface area contributed by atoms with Crippen molar-refractivity contribution in [2.75, 3.05) is 11.9 Å². The summed E-state index contributed by atoms with van der Waals surface area (Å²) in [7, 11) is -3.84. The van der Waals surface area contributed by atoms with Crippen molar-refractivity contribution in [2.45, 2.75) is 23.8 Å². The second-order valence-electron chi connectivity index (χ2n) is 6.64. The Morgan fingerprint density at radius 2 is 1.97 bits per heavy atom. The molecule has 1 saturated heterocycles. The number of hydrogen-bond acceptors (Lipinski definition) is 6. The third-order valence-corrected chi connectivity index (χ3v) is 7.32. The molecule has 0 aliphatic carbocycles. The summed E-state index contributed by atoms with van der Waals surface area (Å²) in [5, 5.41) is 10.7. The van der Waals surface area contributed by atoms with Gasteiger partial charge in [0.25, 0.3) is 0 Å². The number of amides is 1. The van der Waals surface area contributed by atoms with E-state index in [0.717, 1.165) is 4.47 Å². The van der Waals surface area contributed by atoms with Crippen LogP contribution in [0.5, 0.6) is 0 Å². The van der Waals surface area contributed by atoms with Gasteiger partial charge in [-0.15, -0.1) is 5.10 Å². The Bertz CT molecular complexity index is 1180. The normalized spacial score (nSPS) is 17.2. The maximum Gasteiger partial charge on any atom is 0.322 e. The molecule has 1 aliphatic heterocycles. The van der Waals surface area contributed by atoms with Crippen LogP contribution in [0.15, 0.2) is 62.3 Å². The third-order valence-electron chi connectivity index (χ3n) is 4.65. The van der Waals surface area contributed by atoms with Gasteiger partial charge < -0.3 is 4.42 Å². The van der Waals surface area contributed by atoms with Crippen LogP contribution < -0.4 is 5.32 Å². The van der Waals surface area contributed by atoms with Gasteiger partial charge in [0, 0.05) is 21.6 Å². The fourth-order valence-corrected chi connectivity index (χ4v) is 5.41. The first-order chi connectivity index (χ1) is 14.3. The van der Waals surface area contributed by atoms with Crippen molar-refractivity contribution in [3.63, 3.8) is 0 Å². The molecule has 2 heterocycles. The number of carbonyl (C=O) groups excluding carboxylic acids is 1. The second kappa shape index (κ2) is 8.46. The van der Waals surface area contributed by atoms with E-state index in [1.807, 2.05) is 12.1 Å². The molecule has 3 aromatic rings. The maximum absolute atomic E-state index is 13.0. The van der Waals surface area contributed by atoms with Gasteiger partial charge in [-0.3, -0.25) is 10.1 Å². The molecule has 8 nitrogen and oxygen atoms in total. The number of anilines is 1. The lowest BCUT2D eigenvalue weighted by atomic mass is 10.2. The van der Waals surface area contributed by atoms with E-state index in [4.69, 9.17) is 16.0 Å². The Balaban J connectivity index is 1.51. The maximum atomic E-state index is 13.0. The van der Waals surface area contributed by atoms with Crippen LogP contribution in [-0.2, 0) is 14.8 Å². The highest BCUT2D eigenvalue weighted by atomic mass is 79.9. The van der Waals surface area contributed by atoms with Gasteiger partial charge in [0.05, 0.1) is 4.90 Å². The minimum absolute atomic E-state index is 0.0846. The molecule has 1 atom stereocenters. The number of aromatic nitrogens is 2. The minimum atomic E-state index is -3.84. The molecule has 0 spiro atoms. The van der Waals surface area contributed by atoms with E-state index < -0.39 is 22.0 Å². The van der Waals surface area contributed by atoms with Crippen LogP contribution in [0.1, 0.15) is 12.8 Å². The smallest absolute Gasteiger partial charge is 0.322 e. The predicted molar refractivity (Wildman–Crippen MR) is 114 cm³/mol. The standard InChI is InChI=1S/C19H16BrClN4O4S/c20-13-4-1-3-12(11-13)18-23-24-19(29-18)22-17(26)16-5-2-10-25(16)30(27,28)15-8-6-14(21)7-9-15/h1,3-4,6-9,11,16H,2,5,10H2,(H,22,24,26). The number of sulfonamides is 1. The Kier molecular flexibility index (Phi) is 5.92. The van der Waals surface area contributed by atoms with Crippen molar-refractivity contribution in [1.29, 1.82) is 0 Å². The van der Waals surface area contributed by atoms with Gasteiger partial charge in [0.2, 0.25) is 21.8 Å². The van der Waals surface area contributed by atoms with Crippen molar-refractivity contribution in [3.05, 3.63) is 58.0 Å². The summed E-state index contributed by atoms with van der Waals surface area (Å²) in [5.41, 5.74) is 0.685. The monoisotopic (exact) mass is 510 g/mol. The average molecular weight is 512 g/mol. The molecule has 11 heteroatoms. The first-order valence-corrected chi connectivity index (χ1v) is 11.6. The van der Waals surface area contributed by atoms with E-state index in [0.29, 0.717) is 23.4 Å². The minimum Gasteiger partial charge on any atom is -0.403 e. The SMILES string of the molecule is O=C(Nc1nnc(-c2cccc(Br)c2)o1)C1CCCN1S(=O)(=O)c1ccc(Cl)cc1. The summed E-state index contributed by atoms with van der Waals surface area (Å²) in [4.78, 5) is 12.9. The van der Waals surface area contributed by atoms with Gasteiger partial charge >= 0.3 is 6.01 Å². The molecule has 1 fully saturated rings. The predicted octanol–water partition coefficient (Wildman–Crippen LogP) is 3.94. The van der Waals surface area contributed by atoms with E-state index in [1.54, 1.807) is 12.1 Å². The fourth-order valence-electron chi connectivity index (χ4n) is 3.23. The van der Waals surface area contributed by atoms with Crippen LogP contribution in [0.25, 0.3) is 11.5 Å². The molecule has 1 N–H and O–H groups in total. The lowest BCUT2D eigenvalue weighted by molar-refractivity contribution is -0.119. The summed E-state index contributed by atoms with van der Waals surface area (Å²) >= 11 is 9.22. The third kappa shape index (κ3) is 4.27. The second-order valence-corrected chi connectivity index (χ2v) is 9.88. The highest BCUT2D eigenvalue weighted by Crippen LogP contribution is 2.28. The zero-order valence-corrected chi connectivity index (χ0v) is 18.6. The van der Waals surface area contributed by atoms with E-state index in [-0.39, 0.29) is 23.3 Å². The number of nitrogens with one attached hydrogen (secondary N) is 1. The van der Waals surface area contributed by atoms with E-state index in [2.05, 4.69) is 31.4 Å². The summed E-state index contributed by atoms with van der Waals surface area (Å²) in [6, 6.07) is 12.2. The topological polar surface area (TPSA) is 105 Å². The van der Waals surface area contributed by atoms with Crippen LogP contribution in [-0.4, -0.2) is 41.4 Å². The highest BCUT2D eigenvalue weighted by Gasteiger charge is 2.39. The first kappa shape index (κ1) is 21.0. The van der Waals surface area contributed by atoms with Gasteiger partial charge in [-0.25, -0.2) is 8.42 Å². The number of halogens is 2. The summed E-state index contributed by atoms with van der Waals surface area (Å²) in [6.45, 7) is 0.246. The molecule has 2 aromatic carbocycles. The Labute approximate surface area is 186 Å². The molecule has 30 heavy (non-hydrogen) atoms. The average Bonchev–Trinajstić information content (AvgIpc) is 3.38. The number of nitrogens with zero attached hydrogens (tertiary/aromatic N) is 3. The first-order valence-electron chi connectivity index (χ1n) is 9.02. The molecule has 0 radical (unpaired) electrons. The molecule has 0 bridgehead atoms. The van der Waals surface area contributed by atoms with Crippen molar-refractivity contribution in [2.24, 2.45) is 0 Å². The quantitative estimate of drug-likeness (QED) is 0.556. The van der Waals surface area contributed by atoms with Crippen molar-refractivity contribution in [3.8, 4) is 11.5 Å². The van der Waals surface area contributed by atoms with Gasteiger partial charge in [-0.1, -0.05) is 38.7 Å². The molecule has 1 amide bonds. The van der Waals surface area contributed by atoms with Gasteiger partial charge in [0.1, 0.15) is 6.04 Å².